The molecule has 0 aliphatic heterocycles. The summed E-state index contributed by atoms with van der Waals surface area (Å²) < 4.78 is 41.6. The third kappa shape index (κ3) is 7.59. The van der Waals surface area contributed by atoms with Gasteiger partial charge in [0.1, 0.15) is 31.7 Å². The molecule has 1 aromatic heterocycles. The smallest absolute Gasteiger partial charge is 0.462 e. The Bertz CT molecular complexity index is 795. The van der Waals surface area contributed by atoms with Crippen LogP contribution in [0.1, 0.15) is 39.5 Å². The number of hydrogen-bond acceptors (Lipinski definition) is 7. The van der Waals surface area contributed by atoms with E-state index in [1.165, 1.54) is 27.0 Å². The highest BCUT2D eigenvalue weighted by Crippen LogP contribution is 2.20. The van der Waals surface area contributed by atoms with Gasteiger partial charge in [-0.25, -0.2) is 9.18 Å². The van der Waals surface area contributed by atoms with Crippen LogP contribution in [0.2, 0.25) is 0 Å². The van der Waals surface area contributed by atoms with Gasteiger partial charge in [0.2, 0.25) is 0 Å². The van der Waals surface area contributed by atoms with Crippen molar-refractivity contribution in [3.8, 4) is 0 Å². The summed E-state index contributed by atoms with van der Waals surface area (Å²) in [4.78, 5) is 37.0. The summed E-state index contributed by atoms with van der Waals surface area (Å²) in [6.07, 6.45) is -1.04. The summed E-state index contributed by atoms with van der Waals surface area (Å²) in [6, 6.07) is -0.877. The molecular weight excluding hydrogens is 396 g/mol. The van der Waals surface area contributed by atoms with E-state index >= 15 is 0 Å². The zero-order chi connectivity index (χ0) is 21.4. The van der Waals surface area contributed by atoms with Gasteiger partial charge in [0.25, 0.3) is 5.56 Å². The number of aromatic amines is 1. The second-order valence-electron chi connectivity index (χ2n) is 6.38. The minimum atomic E-state index is -2.47. The van der Waals surface area contributed by atoms with E-state index < -0.39 is 50.4 Å². The van der Waals surface area contributed by atoms with Crippen LogP contribution in [0, 0.1) is 6.92 Å². The molecule has 4 atom stereocenters. The van der Waals surface area contributed by atoms with E-state index in [2.05, 4.69) is 10.1 Å². The van der Waals surface area contributed by atoms with Crippen LogP contribution in [0.15, 0.2) is 15.8 Å². The lowest BCUT2D eigenvalue weighted by atomic mass is 10.4. The van der Waals surface area contributed by atoms with Crippen molar-refractivity contribution in [1.82, 2.24) is 14.6 Å². The molecule has 158 valence electrons. The molecule has 0 fully saturated rings. The highest BCUT2D eigenvalue weighted by atomic mass is 31.1. The van der Waals surface area contributed by atoms with Crippen LogP contribution in [-0.2, 0) is 23.4 Å². The van der Waals surface area contributed by atoms with Gasteiger partial charge in [0, 0.05) is 11.8 Å². The Balaban J connectivity index is 2.59. The highest BCUT2D eigenvalue weighted by molar-refractivity contribution is 7.36. The zero-order valence-corrected chi connectivity index (χ0v) is 17.3. The Labute approximate surface area is 162 Å². The van der Waals surface area contributed by atoms with Gasteiger partial charge >= 0.3 is 19.8 Å². The molecule has 1 heterocycles. The molecule has 0 saturated carbocycles. The fourth-order valence-electron chi connectivity index (χ4n) is 2.05. The average Bonchev–Trinajstić information content (AvgIpc) is 2.60. The van der Waals surface area contributed by atoms with Gasteiger partial charge in [-0.15, -0.1) is 4.52 Å². The number of nitrogens with zero attached hydrogens (tertiary/aromatic N) is 1. The number of ether oxygens (including phenoxy) is 2. The Hall–Kier alpha value is -1.94. The van der Waals surface area contributed by atoms with Crippen LogP contribution < -0.4 is 16.3 Å². The maximum Gasteiger partial charge on any atom is 0.613 e. The Kier molecular flexibility index (Phi) is 9.60. The van der Waals surface area contributed by atoms with Gasteiger partial charge in [0.05, 0.1) is 6.10 Å². The molecule has 1 aromatic rings. The van der Waals surface area contributed by atoms with E-state index in [-0.39, 0.29) is 18.3 Å². The number of alkyl halides is 1. The Morgan fingerprint density at radius 2 is 1.96 bits per heavy atom. The maximum atomic E-state index is 13.2. The van der Waals surface area contributed by atoms with E-state index in [9.17, 15) is 23.3 Å². The molecular formula is C16H26FN3O7P+. The number of carbonyl (C=O) groups is 1. The van der Waals surface area contributed by atoms with Gasteiger partial charge in [-0.2, -0.15) is 0 Å². The van der Waals surface area contributed by atoms with Gasteiger partial charge < -0.3 is 9.47 Å². The minimum absolute atomic E-state index is 0.289. The van der Waals surface area contributed by atoms with Crippen molar-refractivity contribution >= 4 is 14.1 Å². The molecule has 0 amide bonds. The fourth-order valence-corrected chi connectivity index (χ4v) is 2.85. The lowest BCUT2D eigenvalue weighted by Crippen LogP contribution is -2.36. The summed E-state index contributed by atoms with van der Waals surface area (Å²) in [7, 11) is -2.47. The van der Waals surface area contributed by atoms with Crippen molar-refractivity contribution in [2.45, 2.75) is 59.1 Å². The first-order valence-electron chi connectivity index (χ1n) is 8.65. The Morgan fingerprint density at radius 3 is 2.54 bits per heavy atom. The standard InChI is InChI=1S/C16H25FN3O7P/c1-9(2)26-15(22)11(4)19-28(24)25-8-13(6-17)27-12(5)20-7-10(3)14(21)18-16(20)23/h7,9,11-13H,6,8H2,1-5H3,(H-,18,19,21,23,24)/p+1/t11-,12-,13+/m0/s1. The van der Waals surface area contributed by atoms with Crippen molar-refractivity contribution in [1.29, 1.82) is 0 Å². The van der Waals surface area contributed by atoms with E-state index in [4.69, 9.17) is 14.0 Å². The lowest BCUT2D eigenvalue weighted by molar-refractivity contribution is -0.149. The number of nitrogens with one attached hydrogen (secondary N) is 2. The second kappa shape index (κ2) is 11.2. The summed E-state index contributed by atoms with van der Waals surface area (Å²) >= 11 is 0. The molecule has 1 unspecified atom stereocenters. The number of hydrogen-bond donors (Lipinski definition) is 2. The zero-order valence-electron chi connectivity index (χ0n) is 16.4. The van der Waals surface area contributed by atoms with Crippen LogP contribution in [0.4, 0.5) is 4.39 Å². The molecule has 12 heteroatoms. The topological polar surface area (TPSA) is 129 Å². The largest absolute Gasteiger partial charge is 0.613 e. The fraction of sp³-hybridized carbons (Fsp3) is 0.688. The molecule has 28 heavy (non-hydrogen) atoms. The quantitative estimate of drug-likeness (QED) is 0.404. The predicted molar refractivity (Wildman–Crippen MR) is 99.0 cm³/mol. The molecule has 1 rings (SSSR count). The summed E-state index contributed by atoms with van der Waals surface area (Å²) in [6.45, 7) is 6.48. The van der Waals surface area contributed by atoms with Crippen LogP contribution in [0.25, 0.3) is 0 Å². The number of aromatic nitrogens is 2. The molecule has 0 aliphatic carbocycles. The highest BCUT2D eigenvalue weighted by Gasteiger charge is 2.29. The molecule has 0 saturated heterocycles. The van der Waals surface area contributed by atoms with Gasteiger partial charge in [0.15, 0.2) is 0 Å². The van der Waals surface area contributed by atoms with E-state index in [0.29, 0.717) is 0 Å². The van der Waals surface area contributed by atoms with Crippen molar-refractivity contribution in [2.75, 3.05) is 13.3 Å². The third-order valence-corrected chi connectivity index (χ3v) is 4.46. The summed E-state index contributed by atoms with van der Waals surface area (Å²) in [5.41, 5.74) is -0.934. The van der Waals surface area contributed by atoms with Crippen molar-refractivity contribution < 1.29 is 27.7 Å². The van der Waals surface area contributed by atoms with Crippen LogP contribution in [-0.4, -0.2) is 47.1 Å². The number of H-pyrrole nitrogens is 1. The first-order valence-corrected chi connectivity index (χ1v) is 9.83. The van der Waals surface area contributed by atoms with Crippen molar-refractivity contribution in [3.63, 3.8) is 0 Å². The summed E-state index contributed by atoms with van der Waals surface area (Å²) in [5, 5.41) is 2.41. The second-order valence-corrected chi connectivity index (χ2v) is 7.41. The number of esters is 1. The third-order valence-electron chi connectivity index (χ3n) is 3.48. The molecule has 10 nitrogen and oxygen atoms in total. The van der Waals surface area contributed by atoms with Gasteiger partial charge in [-0.1, -0.05) is 5.09 Å². The minimum Gasteiger partial charge on any atom is -0.462 e. The normalized spacial score (nSPS) is 15.2. The van der Waals surface area contributed by atoms with Gasteiger partial charge in [-0.05, 0) is 39.2 Å². The van der Waals surface area contributed by atoms with Gasteiger partial charge in [-0.3, -0.25) is 19.1 Å². The number of halogens is 1. The maximum absolute atomic E-state index is 13.2. The van der Waals surface area contributed by atoms with Crippen LogP contribution in [0.5, 0.6) is 0 Å². The monoisotopic (exact) mass is 422 g/mol. The number of aryl methyl sites for hydroxylation is 1. The predicted octanol–water partition coefficient (Wildman–Crippen LogP) is 1.32. The summed E-state index contributed by atoms with van der Waals surface area (Å²) in [5.74, 6) is -0.596. The molecule has 0 aliphatic rings. The first-order chi connectivity index (χ1) is 13.0. The molecule has 0 radical (unpaired) electrons. The molecule has 0 spiro atoms. The van der Waals surface area contributed by atoms with Crippen LogP contribution >= 0.6 is 8.18 Å². The lowest BCUT2D eigenvalue weighted by Gasteiger charge is -2.20. The molecule has 0 bridgehead atoms. The molecule has 0 aromatic carbocycles. The SMILES string of the molecule is Cc1cn([C@H](C)O[C@H](CF)CO[P+](=O)N[C@@H](C)C(=O)OC(C)C)c(=O)[nH]c1=O. The average molecular weight is 422 g/mol. The van der Waals surface area contributed by atoms with Crippen molar-refractivity contribution in [3.05, 3.63) is 32.6 Å². The molecule has 2 N–H and O–H groups in total. The van der Waals surface area contributed by atoms with E-state index in [1.54, 1.807) is 13.8 Å². The first kappa shape index (κ1) is 24.1. The van der Waals surface area contributed by atoms with Crippen LogP contribution in [0.3, 0.4) is 0 Å². The van der Waals surface area contributed by atoms with E-state index in [0.717, 1.165) is 4.57 Å². The Morgan fingerprint density at radius 1 is 1.32 bits per heavy atom. The number of carbonyl (C=O) groups excluding carboxylic acids is 1. The van der Waals surface area contributed by atoms with Crippen molar-refractivity contribution in [2.24, 2.45) is 0 Å². The number of rotatable bonds is 11. The van der Waals surface area contributed by atoms with E-state index in [1.807, 2.05) is 0 Å².